The molecule has 2 rings (SSSR count). The molecule has 0 unspecified atom stereocenters. The third-order valence-electron chi connectivity index (χ3n) is 3.26. The van der Waals surface area contributed by atoms with Crippen LogP contribution in [0.15, 0.2) is 48.5 Å². The van der Waals surface area contributed by atoms with E-state index >= 15 is 0 Å². The summed E-state index contributed by atoms with van der Waals surface area (Å²) in [5, 5.41) is 0. The van der Waals surface area contributed by atoms with Crippen molar-refractivity contribution in [3.63, 3.8) is 0 Å². The molecule has 0 heterocycles. The highest BCUT2D eigenvalue weighted by Crippen LogP contribution is 2.28. The number of carbonyl (C=O) groups excluding carboxylic acids is 1. The molecule has 0 bridgehead atoms. The number of para-hydroxylation sites is 1. The van der Waals surface area contributed by atoms with Crippen LogP contribution in [0.1, 0.15) is 49.0 Å². The van der Waals surface area contributed by atoms with Crippen LogP contribution in [-0.2, 0) is 0 Å². The molecule has 0 radical (unpaired) electrons. The number of carbonyl (C=O) groups is 1. The largest absolute Gasteiger partial charge is 0.457 e. The van der Waals surface area contributed by atoms with Gasteiger partial charge in [-0.05, 0) is 35.7 Å². The van der Waals surface area contributed by atoms with Crippen molar-refractivity contribution in [3.05, 3.63) is 59.7 Å². The lowest BCUT2D eigenvalue weighted by Crippen LogP contribution is -2.00. The Balaban J connectivity index is 2.30. The summed E-state index contributed by atoms with van der Waals surface area (Å²) in [4.78, 5) is 11.9. The van der Waals surface area contributed by atoms with Gasteiger partial charge < -0.3 is 4.74 Å². The van der Waals surface area contributed by atoms with Gasteiger partial charge in [0.2, 0.25) is 0 Å². The van der Waals surface area contributed by atoms with Gasteiger partial charge in [0.25, 0.3) is 0 Å². The quantitative estimate of drug-likeness (QED) is 0.697. The first-order valence-electron chi connectivity index (χ1n) is 7.02. The monoisotopic (exact) mass is 268 g/mol. The molecule has 0 saturated heterocycles. The van der Waals surface area contributed by atoms with Crippen molar-refractivity contribution in [2.24, 2.45) is 0 Å². The van der Waals surface area contributed by atoms with Crippen molar-refractivity contribution in [2.45, 2.75) is 33.1 Å². The second-order valence-corrected chi connectivity index (χ2v) is 5.10. The van der Waals surface area contributed by atoms with E-state index in [9.17, 15) is 4.79 Å². The first-order chi connectivity index (χ1) is 9.61. The van der Waals surface area contributed by atoms with Crippen LogP contribution >= 0.6 is 0 Å². The van der Waals surface area contributed by atoms with Crippen LogP contribution in [0.4, 0.5) is 0 Å². The number of ether oxygens (including phenoxy) is 1. The maximum Gasteiger partial charge on any atom is 0.166 e. The highest BCUT2D eigenvalue weighted by Gasteiger charge is 2.11. The number of ketones is 1. The predicted molar refractivity (Wildman–Crippen MR) is 81.7 cm³/mol. The summed E-state index contributed by atoms with van der Waals surface area (Å²) in [6, 6.07) is 15.4. The second-order valence-electron chi connectivity index (χ2n) is 5.10. The van der Waals surface area contributed by atoms with Crippen LogP contribution in [0.3, 0.4) is 0 Å². The minimum absolute atomic E-state index is 0.0978. The molecule has 0 saturated carbocycles. The summed E-state index contributed by atoms with van der Waals surface area (Å²) < 4.78 is 5.90. The average molecular weight is 268 g/mol. The van der Waals surface area contributed by atoms with E-state index in [1.54, 1.807) is 0 Å². The smallest absolute Gasteiger partial charge is 0.166 e. The van der Waals surface area contributed by atoms with Gasteiger partial charge in [-0.3, -0.25) is 4.79 Å². The normalized spacial score (nSPS) is 10.6. The maximum absolute atomic E-state index is 11.9. The third-order valence-corrected chi connectivity index (χ3v) is 3.26. The summed E-state index contributed by atoms with van der Waals surface area (Å²) in [7, 11) is 0. The molecule has 2 aromatic rings. The van der Waals surface area contributed by atoms with Gasteiger partial charge >= 0.3 is 0 Å². The highest BCUT2D eigenvalue weighted by molar-refractivity contribution is 5.98. The number of Topliss-reactive ketones (excluding diaryl/α,β-unsaturated/α-hetero) is 1. The molecule has 0 aliphatic carbocycles. The first-order valence-corrected chi connectivity index (χ1v) is 7.02. The summed E-state index contributed by atoms with van der Waals surface area (Å²) in [6.07, 6.45) is 0.479. The van der Waals surface area contributed by atoms with Gasteiger partial charge in [0.1, 0.15) is 11.5 Å². The molecule has 2 nitrogen and oxygen atoms in total. The van der Waals surface area contributed by atoms with Crippen molar-refractivity contribution < 1.29 is 9.53 Å². The van der Waals surface area contributed by atoms with Gasteiger partial charge in [-0.15, -0.1) is 0 Å². The third kappa shape index (κ3) is 3.27. The molecule has 0 N–H and O–H groups in total. The summed E-state index contributed by atoms with van der Waals surface area (Å²) in [5.41, 5.74) is 1.87. The van der Waals surface area contributed by atoms with Gasteiger partial charge in [-0.2, -0.15) is 0 Å². The number of benzene rings is 2. The van der Waals surface area contributed by atoms with Crippen LogP contribution in [0.25, 0.3) is 0 Å². The van der Waals surface area contributed by atoms with Crippen LogP contribution in [0, 0.1) is 0 Å². The number of hydrogen-bond acceptors (Lipinski definition) is 2. The van der Waals surface area contributed by atoms with Gasteiger partial charge in [0, 0.05) is 6.42 Å². The first kappa shape index (κ1) is 14.3. The topological polar surface area (TPSA) is 26.3 Å². The van der Waals surface area contributed by atoms with E-state index in [4.69, 9.17) is 4.74 Å². The molecular weight excluding hydrogens is 248 g/mol. The van der Waals surface area contributed by atoms with Crippen molar-refractivity contribution in [2.75, 3.05) is 0 Å². The predicted octanol–water partition coefficient (Wildman–Crippen LogP) is 5.20. The fraction of sp³-hybridized carbons (Fsp3) is 0.278. The van der Waals surface area contributed by atoms with Gasteiger partial charge in [-0.1, -0.05) is 45.0 Å². The minimum Gasteiger partial charge on any atom is -0.457 e. The van der Waals surface area contributed by atoms with E-state index in [0.717, 1.165) is 5.75 Å². The van der Waals surface area contributed by atoms with E-state index in [1.807, 2.05) is 49.4 Å². The van der Waals surface area contributed by atoms with Gasteiger partial charge in [-0.25, -0.2) is 0 Å². The average Bonchev–Trinajstić information content (AvgIpc) is 2.47. The Labute approximate surface area is 120 Å². The van der Waals surface area contributed by atoms with Crippen molar-refractivity contribution >= 4 is 5.78 Å². The maximum atomic E-state index is 11.9. The Hall–Kier alpha value is -2.09. The standard InChI is InChI=1S/C18H20O2/c1-4-17(19)16-10-5-6-11-18(16)20-15-9-7-8-14(12-15)13(2)3/h5-13H,4H2,1-3H3. The van der Waals surface area contributed by atoms with E-state index in [0.29, 0.717) is 23.7 Å². The van der Waals surface area contributed by atoms with E-state index < -0.39 is 0 Å². The molecule has 0 aliphatic rings. The van der Waals surface area contributed by atoms with E-state index in [2.05, 4.69) is 19.9 Å². The molecular formula is C18H20O2. The summed E-state index contributed by atoms with van der Waals surface area (Å²) in [6.45, 7) is 6.15. The van der Waals surface area contributed by atoms with Crippen molar-refractivity contribution in [1.82, 2.24) is 0 Å². The van der Waals surface area contributed by atoms with Crippen LogP contribution in [-0.4, -0.2) is 5.78 Å². The Morgan fingerprint density at radius 1 is 1.10 bits per heavy atom. The fourth-order valence-electron chi connectivity index (χ4n) is 2.04. The molecule has 0 amide bonds. The molecule has 2 heteroatoms. The van der Waals surface area contributed by atoms with Gasteiger partial charge in [0.05, 0.1) is 5.56 Å². The Morgan fingerprint density at radius 3 is 2.55 bits per heavy atom. The molecule has 0 atom stereocenters. The zero-order chi connectivity index (χ0) is 14.5. The number of hydrogen-bond donors (Lipinski definition) is 0. The Kier molecular flexibility index (Phi) is 4.57. The van der Waals surface area contributed by atoms with Crippen molar-refractivity contribution in [1.29, 1.82) is 0 Å². The zero-order valence-electron chi connectivity index (χ0n) is 12.2. The minimum atomic E-state index is 0.0978. The number of rotatable bonds is 5. The fourth-order valence-corrected chi connectivity index (χ4v) is 2.04. The van der Waals surface area contributed by atoms with Crippen LogP contribution < -0.4 is 4.74 Å². The Bertz CT molecular complexity index is 600. The zero-order valence-corrected chi connectivity index (χ0v) is 12.2. The molecule has 0 spiro atoms. The lowest BCUT2D eigenvalue weighted by atomic mass is 10.0. The molecule has 0 aliphatic heterocycles. The highest BCUT2D eigenvalue weighted by atomic mass is 16.5. The molecule has 20 heavy (non-hydrogen) atoms. The Morgan fingerprint density at radius 2 is 1.85 bits per heavy atom. The molecule has 0 aromatic heterocycles. The van der Waals surface area contributed by atoms with E-state index in [-0.39, 0.29) is 5.78 Å². The van der Waals surface area contributed by atoms with Crippen molar-refractivity contribution in [3.8, 4) is 11.5 Å². The molecule has 104 valence electrons. The van der Waals surface area contributed by atoms with Crippen LogP contribution in [0.5, 0.6) is 11.5 Å². The molecule has 0 fully saturated rings. The summed E-state index contributed by atoms with van der Waals surface area (Å²) in [5.74, 6) is 1.94. The second kappa shape index (κ2) is 6.38. The molecule has 2 aromatic carbocycles. The SMILES string of the molecule is CCC(=O)c1ccccc1Oc1cccc(C(C)C)c1. The summed E-state index contributed by atoms with van der Waals surface area (Å²) >= 11 is 0. The lowest BCUT2D eigenvalue weighted by Gasteiger charge is -2.12. The lowest BCUT2D eigenvalue weighted by molar-refractivity contribution is 0.0986. The van der Waals surface area contributed by atoms with Crippen LogP contribution in [0.2, 0.25) is 0 Å². The van der Waals surface area contributed by atoms with E-state index in [1.165, 1.54) is 5.56 Å². The van der Waals surface area contributed by atoms with Gasteiger partial charge in [0.15, 0.2) is 5.78 Å².